The Kier molecular flexibility index (Phi) is 1.56. The molecule has 2 heteroatoms. The predicted molar refractivity (Wildman–Crippen MR) is 32.8 cm³/mol. The first-order chi connectivity index (χ1) is 4.13. The first-order valence-electron chi connectivity index (χ1n) is 3.30. The van der Waals surface area contributed by atoms with E-state index in [9.17, 15) is 9.18 Å². The van der Waals surface area contributed by atoms with E-state index in [1.807, 2.05) is 13.8 Å². The Morgan fingerprint density at radius 1 is 1.67 bits per heavy atom. The summed E-state index contributed by atoms with van der Waals surface area (Å²) in [6, 6.07) is 0. The van der Waals surface area contributed by atoms with Gasteiger partial charge in [0.1, 0.15) is 12.0 Å². The fourth-order valence-electron chi connectivity index (χ4n) is 0.887. The highest BCUT2D eigenvalue weighted by atomic mass is 19.1. The Bertz CT molecular complexity index is 131. The number of alkyl halides is 1. The lowest BCUT2D eigenvalue weighted by molar-refractivity contribution is -0.123. The van der Waals surface area contributed by atoms with E-state index in [2.05, 4.69) is 0 Å². The van der Waals surface area contributed by atoms with Crippen molar-refractivity contribution < 1.29 is 9.18 Å². The number of ketones is 1. The van der Waals surface area contributed by atoms with E-state index in [4.69, 9.17) is 0 Å². The molecule has 0 aliphatic heterocycles. The van der Waals surface area contributed by atoms with Crippen LogP contribution in [-0.4, -0.2) is 12.0 Å². The fraction of sp³-hybridized carbons (Fsp3) is 0.857. The van der Waals surface area contributed by atoms with E-state index in [0.717, 1.165) is 0 Å². The van der Waals surface area contributed by atoms with Crippen molar-refractivity contribution in [2.75, 3.05) is 0 Å². The molecule has 1 rings (SSSR count). The second-order valence-corrected chi connectivity index (χ2v) is 2.92. The van der Waals surface area contributed by atoms with Gasteiger partial charge in [-0.05, 0) is 6.42 Å². The summed E-state index contributed by atoms with van der Waals surface area (Å²) >= 11 is 0. The largest absolute Gasteiger partial charge is 0.299 e. The molecule has 0 heterocycles. The van der Waals surface area contributed by atoms with Crippen LogP contribution < -0.4 is 0 Å². The number of hydrogen-bond acceptors (Lipinski definition) is 1. The molecule has 0 bridgehead atoms. The molecule has 1 fully saturated rings. The van der Waals surface area contributed by atoms with Crippen LogP contribution in [0, 0.1) is 11.8 Å². The zero-order valence-electron chi connectivity index (χ0n) is 5.73. The van der Waals surface area contributed by atoms with Crippen LogP contribution >= 0.6 is 0 Å². The van der Waals surface area contributed by atoms with E-state index in [0.29, 0.717) is 6.42 Å². The van der Waals surface area contributed by atoms with Gasteiger partial charge < -0.3 is 0 Å². The summed E-state index contributed by atoms with van der Waals surface area (Å²) in [5.41, 5.74) is 0. The molecule has 1 aliphatic carbocycles. The lowest BCUT2D eigenvalue weighted by Gasteiger charge is -1.98. The SMILES string of the molecule is CC(C)C(=O)C1C[C@H]1F. The van der Waals surface area contributed by atoms with Crippen LogP contribution in [0.5, 0.6) is 0 Å². The molecule has 1 unspecified atom stereocenters. The third kappa shape index (κ3) is 1.29. The summed E-state index contributed by atoms with van der Waals surface area (Å²) in [5, 5.41) is 0. The molecule has 0 saturated heterocycles. The number of carbonyl (C=O) groups excluding carboxylic acids is 1. The first-order valence-corrected chi connectivity index (χ1v) is 3.30. The third-order valence-electron chi connectivity index (χ3n) is 1.65. The summed E-state index contributed by atoms with van der Waals surface area (Å²) in [4.78, 5) is 10.9. The summed E-state index contributed by atoms with van der Waals surface area (Å²) < 4.78 is 12.2. The van der Waals surface area contributed by atoms with Crippen LogP contribution in [-0.2, 0) is 4.79 Å². The zero-order valence-corrected chi connectivity index (χ0v) is 5.73. The summed E-state index contributed by atoms with van der Waals surface area (Å²) in [5.74, 6) is -0.150. The average Bonchev–Trinajstić information content (AvgIpc) is 2.44. The Morgan fingerprint density at radius 3 is 2.22 bits per heavy atom. The molecule has 0 radical (unpaired) electrons. The molecular weight excluding hydrogens is 119 g/mol. The van der Waals surface area contributed by atoms with Crippen molar-refractivity contribution in [1.82, 2.24) is 0 Å². The molecule has 0 amide bonds. The minimum absolute atomic E-state index is 0.00995. The molecule has 9 heavy (non-hydrogen) atoms. The standard InChI is InChI=1S/C7H11FO/c1-4(2)7(9)5-3-6(5)8/h4-6H,3H2,1-2H3/t5?,6-/m1/s1. The van der Waals surface area contributed by atoms with Crippen molar-refractivity contribution in [3.8, 4) is 0 Å². The fourth-order valence-corrected chi connectivity index (χ4v) is 0.887. The molecule has 52 valence electrons. The van der Waals surface area contributed by atoms with Crippen LogP contribution in [0.15, 0.2) is 0 Å². The van der Waals surface area contributed by atoms with Crippen LogP contribution in [0.25, 0.3) is 0 Å². The highest BCUT2D eigenvalue weighted by Crippen LogP contribution is 2.36. The van der Waals surface area contributed by atoms with Crippen molar-refractivity contribution in [2.24, 2.45) is 11.8 Å². The van der Waals surface area contributed by atoms with Gasteiger partial charge in [-0.3, -0.25) is 4.79 Å². The number of rotatable bonds is 2. The van der Waals surface area contributed by atoms with Crippen molar-refractivity contribution in [2.45, 2.75) is 26.4 Å². The number of carbonyl (C=O) groups is 1. The lowest BCUT2D eigenvalue weighted by Crippen LogP contribution is -2.10. The molecule has 2 atom stereocenters. The predicted octanol–water partition coefficient (Wildman–Crippen LogP) is 1.57. The molecule has 0 aromatic carbocycles. The third-order valence-corrected chi connectivity index (χ3v) is 1.65. The van der Waals surface area contributed by atoms with Gasteiger partial charge in [-0.1, -0.05) is 13.8 Å². The van der Waals surface area contributed by atoms with E-state index in [1.165, 1.54) is 0 Å². The summed E-state index contributed by atoms with van der Waals surface area (Å²) in [6.07, 6.45) is -0.350. The van der Waals surface area contributed by atoms with Crippen molar-refractivity contribution in [3.63, 3.8) is 0 Å². The number of hydrogen-bond donors (Lipinski definition) is 0. The molecule has 0 aromatic rings. The van der Waals surface area contributed by atoms with E-state index < -0.39 is 6.17 Å². The molecule has 0 aromatic heterocycles. The van der Waals surface area contributed by atoms with Crippen molar-refractivity contribution in [1.29, 1.82) is 0 Å². The highest BCUT2D eigenvalue weighted by Gasteiger charge is 2.43. The van der Waals surface area contributed by atoms with E-state index in [-0.39, 0.29) is 17.6 Å². The van der Waals surface area contributed by atoms with Gasteiger partial charge in [-0.2, -0.15) is 0 Å². The maximum absolute atomic E-state index is 12.2. The van der Waals surface area contributed by atoms with Gasteiger partial charge in [0.05, 0.1) is 5.92 Å². The smallest absolute Gasteiger partial charge is 0.141 e. The second-order valence-electron chi connectivity index (χ2n) is 2.92. The molecular formula is C7H11FO. The van der Waals surface area contributed by atoms with Gasteiger partial charge in [0.25, 0.3) is 0 Å². The monoisotopic (exact) mass is 130 g/mol. The Balaban J connectivity index is 2.36. The summed E-state index contributed by atoms with van der Waals surface area (Å²) in [7, 11) is 0. The topological polar surface area (TPSA) is 17.1 Å². The highest BCUT2D eigenvalue weighted by molar-refractivity contribution is 5.85. The quantitative estimate of drug-likeness (QED) is 0.554. The second kappa shape index (κ2) is 2.09. The average molecular weight is 130 g/mol. The van der Waals surface area contributed by atoms with Crippen LogP contribution in [0.2, 0.25) is 0 Å². The first kappa shape index (κ1) is 6.72. The summed E-state index contributed by atoms with van der Waals surface area (Å²) in [6.45, 7) is 3.63. The maximum Gasteiger partial charge on any atom is 0.141 e. The van der Waals surface area contributed by atoms with Crippen LogP contribution in [0.4, 0.5) is 4.39 Å². The number of Topliss-reactive ketones (excluding diaryl/α,β-unsaturated/α-hetero) is 1. The normalized spacial score (nSPS) is 32.9. The van der Waals surface area contributed by atoms with Gasteiger partial charge in [-0.25, -0.2) is 4.39 Å². The van der Waals surface area contributed by atoms with Gasteiger partial charge in [0.15, 0.2) is 0 Å². The van der Waals surface area contributed by atoms with Crippen LogP contribution in [0.1, 0.15) is 20.3 Å². The van der Waals surface area contributed by atoms with Crippen molar-refractivity contribution in [3.05, 3.63) is 0 Å². The molecule has 0 spiro atoms. The molecule has 1 nitrogen and oxygen atoms in total. The van der Waals surface area contributed by atoms with Crippen molar-refractivity contribution >= 4 is 5.78 Å². The molecule has 0 N–H and O–H groups in total. The maximum atomic E-state index is 12.2. The van der Waals surface area contributed by atoms with Gasteiger partial charge in [-0.15, -0.1) is 0 Å². The Hall–Kier alpha value is -0.400. The Labute approximate surface area is 54.3 Å². The molecule has 1 saturated carbocycles. The minimum atomic E-state index is -0.820. The van der Waals surface area contributed by atoms with Gasteiger partial charge in [0.2, 0.25) is 0 Å². The van der Waals surface area contributed by atoms with Crippen LogP contribution in [0.3, 0.4) is 0 Å². The lowest BCUT2D eigenvalue weighted by atomic mass is 10.1. The zero-order chi connectivity index (χ0) is 7.02. The van der Waals surface area contributed by atoms with E-state index in [1.54, 1.807) is 0 Å². The van der Waals surface area contributed by atoms with Gasteiger partial charge >= 0.3 is 0 Å². The Morgan fingerprint density at radius 2 is 2.11 bits per heavy atom. The van der Waals surface area contributed by atoms with Gasteiger partial charge in [0, 0.05) is 5.92 Å². The van der Waals surface area contributed by atoms with E-state index >= 15 is 0 Å². The molecule has 1 aliphatic rings. The minimum Gasteiger partial charge on any atom is -0.299 e. The number of halogens is 1.